The molecular weight excluding hydrogens is 94.0 g/mol. The third-order valence-corrected chi connectivity index (χ3v) is 0.868. The summed E-state index contributed by atoms with van der Waals surface area (Å²) in [5, 5.41) is 9.75. The molecule has 1 radical (unpaired) electrons. The van der Waals surface area contributed by atoms with Crippen LogP contribution in [-0.4, -0.2) is 30.0 Å². The van der Waals surface area contributed by atoms with Crippen LogP contribution in [0.5, 0.6) is 0 Å². The summed E-state index contributed by atoms with van der Waals surface area (Å²) in [7, 11) is 0. The van der Waals surface area contributed by atoms with Gasteiger partial charge in [-0.2, -0.15) is 5.06 Å². The fraction of sp³-hybridized carbons (Fsp3) is 0.750. The molecule has 1 N–H and O–H groups in total. The summed E-state index contributed by atoms with van der Waals surface area (Å²) in [6.45, 7) is 3.37. The van der Waals surface area contributed by atoms with Crippen LogP contribution in [0, 0.1) is 6.54 Å². The van der Waals surface area contributed by atoms with Gasteiger partial charge in [0.1, 0.15) is 0 Å². The van der Waals surface area contributed by atoms with Gasteiger partial charge in [0.25, 0.3) is 0 Å². The Bertz CT molecular complexity index is 51.7. The molecule has 41 valence electrons. The second-order valence-electron chi connectivity index (χ2n) is 1.42. The molecule has 3 nitrogen and oxygen atoms in total. The average Bonchev–Trinajstić information content (AvgIpc) is 1.69. The molecule has 0 aromatic carbocycles. The van der Waals surface area contributed by atoms with Crippen LogP contribution in [-0.2, 0) is 4.74 Å². The van der Waals surface area contributed by atoms with Crippen molar-refractivity contribution in [1.29, 1.82) is 0 Å². The van der Waals surface area contributed by atoms with Gasteiger partial charge in [0.2, 0.25) is 0 Å². The minimum atomic E-state index is 0.538. The first-order valence-electron chi connectivity index (χ1n) is 2.26. The zero-order valence-electron chi connectivity index (χ0n) is 4.00. The summed E-state index contributed by atoms with van der Waals surface area (Å²) in [6.07, 6.45) is 0. The van der Waals surface area contributed by atoms with Crippen molar-refractivity contribution in [2.75, 3.05) is 19.8 Å². The summed E-state index contributed by atoms with van der Waals surface area (Å²) in [5.41, 5.74) is 0. The maximum atomic E-state index is 8.61. The maximum absolute atomic E-state index is 8.61. The minimum Gasteiger partial charge on any atom is -0.378 e. The molecule has 1 aliphatic heterocycles. The van der Waals surface area contributed by atoms with E-state index < -0.39 is 0 Å². The van der Waals surface area contributed by atoms with Crippen molar-refractivity contribution >= 4 is 0 Å². The highest BCUT2D eigenvalue weighted by Gasteiger charge is 2.05. The number of hydrogen-bond acceptors (Lipinski definition) is 3. The Kier molecular flexibility index (Phi) is 1.62. The van der Waals surface area contributed by atoms with E-state index in [9.17, 15) is 0 Å². The highest BCUT2D eigenvalue weighted by atomic mass is 16.5. The largest absolute Gasteiger partial charge is 0.378 e. The topological polar surface area (TPSA) is 32.7 Å². The first-order valence-corrected chi connectivity index (χ1v) is 2.26. The molecule has 3 heteroatoms. The third kappa shape index (κ3) is 1.43. The molecule has 0 aromatic rings. The van der Waals surface area contributed by atoms with Gasteiger partial charge in [0.05, 0.1) is 19.8 Å². The Hall–Kier alpha value is -0.120. The van der Waals surface area contributed by atoms with E-state index in [1.54, 1.807) is 6.54 Å². The first kappa shape index (κ1) is 5.03. The minimum absolute atomic E-state index is 0.538. The smallest absolute Gasteiger partial charge is 0.0785 e. The van der Waals surface area contributed by atoms with E-state index in [0.717, 1.165) is 5.06 Å². The average molecular weight is 102 g/mol. The normalized spacial score (nSPS) is 25.3. The molecule has 0 saturated carbocycles. The van der Waals surface area contributed by atoms with Crippen LogP contribution in [0.4, 0.5) is 0 Å². The lowest BCUT2D eigenvalue weighted by Gasteiger charge is -2.18. The molecule has 0 bridgehead atoms. The van der Waals surface area contributed by atoms with Gasteiger partial charge in [0, 0.05) is 6.54 Å². The van der Waals surface area contributed by atoms with E-state index >= 15 is 0 Å². The Morgan fingerprint density at radius 1 is 1.71 bits per heavy atom. The Morgan fingerprint density at radius 2 is 2.57 bits per heavy atom. The molecule has 0 amide bonds. The van der Waals surface area contributed by atoms with Crippen LogP contribution in [0.25, 0.3) is 0 Å². The van der Waals surface area contributed by atoms with Crippen molar-refractivity contribution in [3.05, 3.63) is 6.54 Å². The predicted octanol–water partition coefficient (Wildman–Crippen LogP) is -0.130. The van der Waals surface area contributed by atoms with Crippen LogP contribution in [0.2, 0.25) is 0 Å². The number of ether oxygens (including phenoxy) is 1. The molecule has 0 aliphatic carbocycles. The van der Waals surface area contributed by atoms with Crippen molar-refractivity contribution in [2.24, 2.45) is 0 Å². The lowest BCUT2D eigenvalue weighted by molar-refractivity contribution is -0.113. The lowest BCUT2D eigenvalue weighted by atomic mass is 10.5. The lowest BCUT2D eigenvalue weighted by Crippen LogP contribution is -2.28. The fourth-order valence-electron chi connectivity index (χ4n) is 0.471. The number of hydroxylamine groups is 2. The molecule has 1 aliphatic rings. The Labute approximate surface area is 42.4 Å². The number of morpholine rings is 1. The van der Waals surface area contributed by atoms with Gasteiger partial charge in [-0.05, 0) is 0 Å². The molecule has 1 heterocycles. The molecule has 0 spiro atoms. The summed E-state index contributed by atoms with van der Waals surface area (Å²) in [6, 6.07) is 0. The molecule has 7 heavy (non-hydrogen) atoms. The zero-order valence-corrected chi connectivity index (χ0v) is 4.00. The van der Waals surface area contributed by atoms with Gasteiger partial charge in [-0.15, -0.1) is 0 Å². The molecule has 0 aromatic heterocycles. The van der Waals surface area contributed by atoms with E-state index in [2.05, 4.69) is 0 Å². The standard InChI is InChI=1S/C4H8NO2/c6-5-1-3-7-4-2-5/h1,6H,2-4H2. The number of rotatable bonds is 0. The van der Waals surface area contributed by atoms with Gasteiger partial charge in [-0.25, -0.2) is 0 Å². The van der Waals surface area contributed by atoms with Crippen LogP contribution < -0.4 is 0 Å². The first-order chi connectivity index (χ1) is 3.39. The Balaban J connectivity index is 2.12. The molecule has 1 fully saturated rings. The molecule has 0 unspecified atom stereocenters. The molecule has 1 rings (SSSR count). The highest BCUT2D eigenvalue weighted by Crippen LogP contribution is 1.94. The summed E-state index contributed by atoms with van der Waals surface area (Å²) in [4.78, 5) is 0. The van der Waals surface area contributed by atoms with E-state index in [4.69, 9.17) is 9.94 Å². The SMILES string of the molecule is ON1[CH]COCC1. The van der Waals surface area contributed by atoms with Gasteiger partial charge in [0.15, 0.2) is 0 Å². The maximum Gasteiger partial charge on any atom is 0.0785 e. The van der Waals surface area contributed by atoms with E-state index in [0.29, 0.717) is 19.8 Å². The Morgan fingerprint density at radius 3 is 2.86 bits per heavy atom. The monoisotopic (exact) mass is 102 g/mol. The van der Waals surface area contributed by atoms with Crippen molar-refractivity contribution < 1.29 is 9.94 Å². The van der Waals surface area contributed by atoms with Gasteiger partial charge >= 0.3 is 0 Å². The van der Waals surface area contributed by atoms with Gasteiger partial charge < -0.3 is 9.94 Å². The number of hydrogen-bond donors (Lipinski definition) is 1. The summed E-state index contributed by atoms with van der Waals surface area (Å²) >= 11 is 0. The van der Waals surface area contributed by atoms with Crippen molar-refractivity contribution in [2.45, 2.75) is 0 Å². The summed E-state index contributed by atoms with van der Waals surface area (Å²) < 4.78 is 4.88. The van der Waals surface area contributed by atoms with Crippen LogP contribution in [0.15, 0.2) is 0 Å². The van der Waals surface area contributed by atoms with Crippen molar-refractivity contribution in [3.8, 4) is 0 Å². The number of nitrogens with zero attached hydrogens (tertiary/aromatic N) is 1. The van der Waals surface area contributed by atoms with Crippen LogP contribution in [0.3, 0.4) is 0 Å². The molecular formula is C4H8NO2. The van der Waals surface area contributed by atoms with E-state index in [1.165, 1.54) is 0 Å². The zero-order chi connectivity index (χ0) is 5.11. The van der Waals surface area contributed by atoms with Crippen molar-refractivity contribution in [3.63, 3.8) is 0 Å². The molecule has 1 saturated heterocycles. The van der Waals surface area contributed by atoms with Crippen molar-refractivity contribution in [1.82, 2.24) is 5.06 Å². The second-order valence-corrected chi connectivity index (χ2v) is 1.42. The third-order valence-electron chi connectivity index (χ3n) is 0.868. The summed E-state index contributed by atoms with van der Waals surface area (Å²) in [5.74, 6) is 0. The van der Waals surface area contributed by atoms with Crippen LogP contribution in [0.1, 0.15) is 0 Å². The fourth-order valence-corrected chi connectivity index (χ4v) is 0.471. The quantitative estimate of drug-likeness (QED) is 0.462. The van der Waals surface area contributed by atoms with E-state index in [-0.39, 0.29) is 0 Å². The van der Waals surface area contributed by atoms with Gasteiger partial charge in [-0.3, -0.25) is 0 Å². The van der Waals surface area contributed by atoms with Gasteiger partial charge in [-0.1, -0.05) is 0 Å². The molecule has 0 atom stereocenters. The highest BCUT2D eigenvalue weighted by molar-refractivity contribution is 4.62. The van der Waals surface area contributed by atoms with E-state index in [1.807, 2.05) is 0 Å². The second kappa shape index (κ2) is 2.26. The van der Waals surface area contributed by atoms with Crippen LogP contribution >= 0.6 is 0 Å². The predicted molar refractivity (Wildman–Crippen MR) is 23.6 cm³/mol.